The molecular weight excluding hydrogens is 344 g/mol. The second-order valence-corrected chi connectivity index (χ2v) is 8.27. The number of aryl methyl sites for hydroxylation is 2. The van der Waals surface area contributed by atoms with E-state index in [2.05, 4.69) is 22.2 Å². The van der Waals surface area contributed by atoms with Crippen molar-refractivity contribution in [1.82, 2.24) is 15.0 Å². The summed E-state index contributed by atoms with van der Waals surface area (Å²) >= 11 is 1.73. The van der Waals surface area contributed by atoms with Gasteiger partial charge in [-0.1, -0.05) is 6.92 Å². The maximum Gasteiger partial charge on any atom is 0.147 e. The van der Waals surface area contributed by atoms with Crippen LogP contribution in [0.3, 0.4) is 0 Å². The van der Waals surface area contributed by atoms with E-state index in [0.29, 0.717) is 6.10 Å². The van der Waals surface area contributed by atoms with E-state index in [1.54, 1.807) is 17.7 Å². The predicted octanol–water partition coefficient (Wildman–Crippen LogP) is 4.27. The predicted molar refractivity (Wildman–Crippen MR) is 106 cm³/mol. The zero-order valence-corrected chi connectivity index (χ0v) is 16.0. The van der Waals surface area contributed by atoms with E-state index in [0.717, 1.165) is 66.1 Å². The van der Waals surface area contributed by atoms with E-state index in [-0.39, 0.29) is 0 Å². The molecule has 3 aromatic rings. The van der Waals surface area contributed by atoms with Crippen molar-refractivity contribution in [2.24, 2.45) is 0 Å². The van der Waals surface area contributed by atoms with E-state index >= 15 is 0 Å². The second-order valence-electron chi connectivity index (χ2n) is 7.27. The Labute approximate surface area is 157 Å². The van der Waals surface area contributed by atoms with Gasteiger partial charge in [0.05, 0.1) is 16.3 Å². The van der Waals surface area contributed by atoms with Gasteiger partial charge in [0.2, 0.25) is 0 Å². The molecule has 3 aromatic heterocycles. The van der Waals surface area contributed by atoms with Gasteiger partial charge in [0.1, 0.15) is 17.0 Å². The Balaban J connectivity index is 1.63. The van der Waals surface area contributed by atoms with Gasteiger partial charge in [-0.25, -0.2) is 15.0 Å². The van der Waals surface area contributed by atoms with E-state index in [4.69, 9.17) is 9.72 Å². The number of hydrogen-bond donors (Lipinski definition) is 1. The SMILES string of the molecule is CCc1nc2sc3c(NC[C@@H]4CCCO4)ncnc3c2c2c1CCCC2. The quantitative estimate of drug-likeness (QED) is 0.745. The van der Waals surface area contributed by atoms with Crippen LogP contribution in [0.5, 0.6) is 0 Å². The molecule has 5 rings (SSSR count). The Morgan fingerprint density at radius 3 is 2.88 bits per heavy atom. The van der Waals surface area contributed by atoms with Crippen LogP contribution in [0.4, 0.5) is 5.82 Å². The Kier molecular flexibility index (Phi) is 4.25. The molecule has 0 spiro atoms. The van der Waals surface area contributed by atoms with Crippen molar-refractivity contribution < 1.29 is 4.74 Å². The molecule has 1 saturated heterocycles. The molecule has 2 aliphatic rings. The minimum absolute atomic E-state index is 0.298. The zero-order chi connectivity index (χ0) is 17.5. The number of nitrogens with one attached hydrogen (secondary N) is 1. The number of pyridine rings is 1. The van der Waals surface area contributed by atoms with E-state index in [1.165, 1.54) is 35.0 Å². The number of fused-ring (bicyclic) bond motifs is 5. The number of hydrogen-bond acceptors (Lipinski definition) is 6. The van der Waals surface area contributed by atoms with Crippen LogP contribution in [-0.2, 0) is 24.0 Å². The lowest BCUT2D eigenvalue weighted by Gasteiger charge is -2.19. The third-order valence-corrected chi connectivity index (χ3v) is 6.74. The highest BCUT2D eigenvalue weighted by atomic mass is 32.1. The number of rotatable bonds is 4. The summed E-state index contributed by atoms with van der Waals surface area (Å²) < 4.78 is 6.87. The van der Waals surface area contributed by atoms with Crippen molar-refractivity contribution in [2.45, 2.75) is 58.0 Å². The molecule has 1 aliphatic heterocycles. The number of ether oxygens (including phenoxy) is 1. The second kappa shape index (κ2) is 6.74. The minimum Gasteiger partial charge on any atom is -0.376 e. The lowest BCUT2D eigenvalue weighted by atomic mass is 9.88. The van der Waals surface area contributed by atoms with E-state index in [1.807, 2.05) is 0 Å². The average Bonchev–Trinajstić information content (AvgIpc) is 3.33. The molecule has 0 amide bonds. The van der Waals surface area contributed by atoms with Crippen LogP contribution >= 0.6 is 11.3 Å². The highest BCUT2D eigenvalue weighted by Crippen LogP contribution is 2.40. The lowest BCUT2D eigenvalue weighted by molar-refractivity contribution is 0.120. The molecule has 4 heterocycles. The first-order valence-electron chi connectivity index (χ1n) is 9.78. The number of nitrogens with zero attached hydrogens (tertiary/aromatic N) is 3. The van der Waals surface area contributed by atoms with Gasteiger partial charge < -0.3 is 10.1 Å². The fraction of sp³-hybridized carbons (Fsp3) is 0.550. The maximum absolute atomic E-state index is 5.74. The molecule has 0 aromatic carbocycles. The molecule has 0 radical (unpaired) electrons. The highest BCUT2D eigenvalue weighted by Gasteiger charge is 2.23. The van der Waals surface area contributed by atoms with E-state index in [9.17, 15) is 0 Å². The Bertz CT molecular complexity index is 961. The lowest BCUT2D eigenvalue weighted by Crippen LogP contribution is -2.18. The molecule has 136 valence electrons. The molecule has 6 heteroatoms. The van der Waals surface area contributed by atoms with Crippen LogP contribution in [0.2, 0.25) is 0 Å². The summed E-state index contributed by atoms with van der Waals surface area (Å²) in [6.45, 7) is 3.90. The molecule has 1 N–H and O–H groups in total. The molecule has 1 atom stereocenters. The fourth-order valence-corrected chi connectivity index (χ4v) is 5.52. The van der Waals surface area contributed by atoms with Crippen molar-refractivity contribution in [3.63, 3.8) is 0 Å². The average molecular weight is 369 g/mol. The Morgan fingerprint density at radius 1 is 1.19 bits per heavy atom. The van der Waals surface area contributed by atoms with Crippen LogP contribution < -0.4 is 5.32 Å². The normalized spacial score (nSPS) is 20.0. The largest absolute Gasteiger partial charge is 0.376 e. The zero-order valence-electron chi connectivity index (χ0n) is 15.2. The monoisotopic (exact) mass is 368 g/mol. The van der Waals surface area contributed by atoms with Gasteiger partial charge in [0.25, 0.3) is 0 Å². The van der Waals surface area contributed by atoms with Crippen LogP contribution in [0, 0.1) is 0 Å². The van der Waals surface area contributed by atoms with Crippen molar-refractivity contribution in [3.8, 4) is 0 Å². The summed E-state index contributed by atoms with van der Waals surface area (Å²) in [6.07, 6.45) is 10.1. The minimum atomic E-state index is 0.298. The third kappa shape index (κ3) is 2.67. The summed E-state index contributed by atoms with van der Waals surface area (Å²) in [6, 6.07) is 0. The van der Waals surface area contributed by atoms with Crippen LogP contribution in [-0.4, -0.2) is 34.2 Å². The maximum atomic E-state index is 5.74. The number of thiophene rings is 1. The molecule has 1 fully saturated rings. The number of aromatic nitrogens is 3. The van der Waals surface area contributed by atoms with Crippen LogP contribution in [0.15, 0.2) is 6.33 Å². The van der Waals surface area contributed by atoms with Gasteiger partial charge in [-0.15, -0.1) is 11.3 Å². The third-order valence-electron chi connectivity index (χ3n) is 5.66. The first-order chi connectivity index (χ1) is 12.8. The molecule has 0 bridgehead atoms. The van der Waals surface area contributed by atoms with Crippen LogP contribution in [0.1, 0.15) is 49.4 Å². The first-order valence-corrected chi connectivity index (χ1v) is 10.6. The summed E-state index contributed by atoms with van der Waals surface area (Å²) in [5.41, 5.74) is 5.33. The summed E-state index contributed by atoms with van der Waals surface area (Å²) in [5.74, 6) is 0.927. The summed E-state index contributed by atoms with van der Waals surface area (Å²) in [4.78, 5) is 15.3. The Morgan fingerprint density at radius 2 is 2.08 bits per heavy atom. The Hall–Kier alpha value is -1.79. The van der Waals surface area contributed by atoms with Crippen molar-refractivity contribution in [2.75, 3.05) is 18.5 Å². The molecule has 0 unspecified atom stereocenters. The van der Waals surface area contributed by atoms with Crippen molar-refractivity contribution in [1.29, 1.82) is 0 Å². The smallest absolute Gasteiger partial charge is 0.147 e. The van der Waals surface area contributed by atoms with Gasteiger partial charge in [0.15, 0.2) is 0 Å². The highest BCUT2D eigenvalue weighted by molar-refractivity contribution is 7.26. The van der Waals surface area contributed by atoms with Gasteiger partial charge in [-0.3, -0.25) is 0 Å². The van der Waals surface area contributed by atoms with Gasteiger partial charge in [-0.05, 0) is 56.1 Å². The standard InChI is InChI=1S/C20H24N4OS/c1-2-15-13-7-3-4-8-14(13)16-17-18(26-20(16)24-15)19(23-11-22-17)21-10-12-6-5-9-25-12/h11-12H,2-10H2,1H3,(H,21,22,23)/t12-/m0/s1. The van der Waals surface area contributed by atoms with Gasteiger partial charge >= 0.3 is 0 Å². The van der Waals surface area contributed by atoms with Crippen LogP contribution in [0.25, 0.3) is 20.4 Å². The number of anilines is 1. The van der Waals surface area contributed by atoms with Gasteiger partial charge in [0, 0.05) is 24.2 Å². The fourth-order valence-electron chi connectivity index (χ4n) is 4.37. The summed E-state index contributed by atoms with van der Waals surface area (Å²) in [7, 11) is 0. The molecule has 5 nitrogen and oxygen atoms in total. The summed E-state index contributed by atoms with van der Waals surface area (Å²) in [5, 5.41) is 4.78. The molecular formula is C20H24N4OS. The van der Waals surface area contributed by atoms with Crippen molar-refractivity contribution in [3.05, 3.63) is 23.1 Å². The molecule has 1 aliphatic carbocycles. The van der Waals surface area contributed by atoms with Crippen molar-refractivity contribution >= 4 is 37.6 Å². The first kappa shape index (κ1) is 16.4. The molecule has 26 heavy (non-hydrogen) atoms. The van der Waals surface area contributed by atoms with Gasteiger partial charge in [-0.2, -0.15) is 0 Å². The molecule has 0 saturated carbocycles. The van der Waals surface area contributed by atoms with E-state index < -0.39 is 0 Å². The topological polar surface area (TPSA) is 59.9 Å².